The Balaban J connectivity index is 1.41. The second-order valence-corrected chi connectivity index (χ2v) is 7.16. The van der Waals surface area contributed by atoms with Crippen molar-refractivity contribution in [3.63, 3.8) is 0 Å². The molecule has 26 heavy (non-hydrogen) atoms. The Bertz CT molecular complexity index is 540. The Hall–Kier alpha value is -1.79. The Labute approximate surface area is 156 Å². The van der Waals surface area contributed by atoms with Crippen molar-refractivity contribution in [3.05, 3.63) is 30.3 Å². The van der Waals surface area contributed by atoms with Crippen molar-refractivity contribution >= 4 is 6.03 Å². The third-order valence-electron chi connectivity index (χ3n) is 5.44. The highest BCUT2D eigenvalue weighted by molar-refractivity contribution is 5.73. The summed E-state index contributed by atoms with van der Waals surface area (Å²) in [6.07, 6.45) is 6.10. The van der Waals surface area contributed by atoms with Gasteiger partial charge in [-0.1, -0.05) is 37.5 Å². The Morgan fingerprint density at radius 1 is 1.08 bits per heavy atom. The predicted molar refractivity (Wildman–Crippen MR) is 102 cm³/mol. The zero-order chi connectivity index (χ0) is 18.1. The van der Waals surface area contributed by atoms with Gasteiger partial charge in [0.15, 0.2) is 0 Å². The van der Waals surface area contributed by atoms with Gasteiger partial charge in [0, 0.05) is 25.2 Å². The SMILES string of the molecule is O=C(NCCOc1ccccc1)NCC1(N2CCOCC2)CCCCC1. The summed E-state index contributed by atoms with van der Waals surface area (Å²) in [4.78, 5) is 14.7. The van der Waals surface area contributed by atoms with Gasteiger partial charge in [0.2, 0.25) is 0 Å². The van der Waals surface area contributed by atoms with Gasteiger partial charge in [0.25, 0.3) is 0 Å². The van der Waals surface area contributed by atoms with Crippen LogP contribution in [0.25, 0.3) is 0 Å². The Kier molecular flexibility index (Phi) is 7.14. The molecule has 6 heteroatoms. The molecule has 2 aliphatic rings. The first-order valence-electron chi connectivity index (χ1n) is 9.81. The number of rotatable bonds is 7. The molecule has 1 aromatic rings. The second kappa shape index (κ2) is 9.78. The van der Waals surface area contributed by atoms with Crippen LogP contribution < -0.4 is 15.4 Å². The van der Waals surface area contributed by atoms with Crippen molar-refractivity contribution in [1.29, 1.82) is 0 Å². The van der Waals surface area contributed by atoms with E-state index < -0.39 is 0 Å². The number of para-hydroxylation sites is 1. The van der Waals surface area contributed by atoms with Crippen molar-refractivity contribution in [1.82, 2.24) is 15.5 Å². The van der Waals surface area contributed by atoms with Crippen LogP contribution >= 0.6 is 0 Å². The molecule has 0 radical (unpaired) electrons. The van der Waals surface area contributed by atoms with E-state index in [1.54, 1.807) is 0 Å². The topological polar surface area (TPSA) is 62.8 Å². The van der Waals surface area contributed by atoms with E-state index in [0.717, 1.165) is 44.9 Å². The van der Waals surface area contributed by atoms with Crippen molar-refractivity contribution in [2.24, 2.45) is 0 Å². The van der Waals surface area contributed by atoms with Crippen molar-refractivity contribution in [2.45, 2.75) is 37.6 Å². The van der Waals surface area contributed by atoms with Crippen LogP contribution in [0.4, 0.5) is 4.79 Å². The fourth-order valence-corrected chi connectivity index (χ4v) is 4.01. The first-order valence-corrected chi connectivity index (χ1v) is 9.81. The molecular weight excluding hydrogens is 330 g/mol. The number of carbonyl (C=O) groups is 1. The van der Waals surface area contributed by atoms with Crippen molar-refractivity contribution in [2.75, 3.05) is 46.0 Å². The van der Waals surface area contributed by atoms with Crippen LogP contribution in [0.2, 0.25) is 0 Å². The molecular formula is C20H31N3O3. The molecule has 0 aromatic heterocycles. The molecule has 2 N–H and O–H groups in total. The fraction of sp³-hybridized carbons (Fsp3) is 0.650. The summed E-state index contributed by atoms with van der Waals surface area (Å²) in [7, 11) is 0. The molecule has 0 spiro atoms. The minimum absolute atomic E-state index is 0.0971. The van der Waals surface area contributed by atoms with Crippen LogP contribution in [0.1, 0.15) is 32.1 Å². The molecule has 0 bridgehead atoms. The van der Waals surface area contributed by atoms with Gasteiger partial charge in [-0.05, 0) is 25.0 Å². The molecule has 1 aromatic carbocycles. The lowest BCUT2D eigenvalue weighted by Crippen LogP contribution is -2.60. The number of carbonyl (C=O) groups excluding carboxylic acids is 1. The van der Waals surface area contributed by atoms with E-state index in [1.807, 2.05) is 30.3 Å². The summed E-state index contributed by atoms with van der Waals surface area (Å²) in [6, 6.07) is 9.54. The molecule has 1 saturated heterocycles. The zero-order valence-electron chi connectivity index (χ0n) is 15.5. The van der Waals surface area contributed by atoms with Gasteiger partial charge in [-0.15, -0.1) is 0 Å². The van der Waals surface area contributed by atoms with E-state index >= 15 is 0 Å². The Morgan fingerprint density at radius 2 is 1.81 bits per heavy atom. The number of nitrogens with one attached hydrogen (secondary N) is 2. The predicted octanol–water partition coefficient (Wildman–Crippen LogP) is 2.40. The second-order valence-electron chi connectivity index (χ2n) is 7.16. The van der Waals surface area contributed by atoms with Crippen molar-refractivity contribution in [3.8, 4) is 5.75 Å². The van der Waals surface area contributed by atoms with E-state index in [1.165, 1.54) is 19.3 Å². The van der Waals surface area contributed by atoms with Gasteiger partial charge >= 0.3 is 6.03 Å². The van der Waals surface area contributed by atoms with Gasteiger partial charge in [-0.25, -0.2) is 4.79 Å². The summed E-state index contributed by atoms with van der Waals surface area (Å²) in [5.74, 6) is 0.822. The maximum Gasteiger partial charge on any atom is 0.314 e. The molecule has 1 aliphatic carbocycles. The average Bonchev–Trinajstić information content (AvgIpc) is 2.72. The normalized spacial score (nSPS) is 20.3. The Morgan fingerprint density at radius 3 is 2.54 bits per heavy atom. The summed E-state index contributed by atoms with van der Waals surface area (Å²) in [6.45, 7) is 5.19. The molecule has 2 amide bonds. The first-order chi connectivity index (χ1) is 12.8. The average molecular weight is 361 g/mol. The van der Waals surface area contributed by atoms with Gasteiger partial charge in [-0.2, -0.15) is 0 Å². The summed E-state index contributed by atoms with van der Waals surface area (Å²) in [5, 5.41) is 6.00. The summed E-state index contributed by atoms with van der Waals surface area (Å²) < 4.78 is 11.1. The lowest BCUT2D eigenvalue weighted by molar-refractivity contribution is -0.0357. The molecule has 3 rings (SSSR count). The van der Waals surface area contributed by atoms with Crippen molar-refractivity contribution < 1.29 is 14.3 Å². The third-order valence-corrected chi connectivity index (χ3v) is 5.44. The number of hydrogen-bond acceptors (Lipinski definition) is 4. The fourth-order valence-electron chi connectivity index (χ4n) is 4.01. The molecule has 1 heterocycles. The largest absolute Gasteiger partial charge is 0.492 e. The number of amides is 2. The van der Waals surface area contributed by atoms with Crippen LogP contribution in [0, 0.1) is 0 Å². The highest BCUT2D eigenvalue weighted by atomic mass is 16.5. The summed E-state index contributed by atoms with van der Waals surface area (Å²) >= 11 is 0. The maximum absolute atomic E-state index is 12.2. The molecule has 144 valence electrons. The molecule has 1 aliphatic heterocycles. The number of morpholine rings is 1. The third kappa shape index (κ3) is 5.35. The highest BCUT2D eigenvalue weighted by Gasteiger charge is 2.38. The van der Waals surface area contributed by atoms with E-state index in [0.29, 0.717) is 19.7 Å². The molecule has 2 fully saturated rings. The van der Waals surface area contributed by atoms with Gasteiger partial charge in [0.1, 0.15) is 12.4 Å². The highest BCUT2D eigenvalue weighted by Crippen LogP contribution is 2.33. The lowest BCUT2D eigenvalue weighted by Gasteiger charge is -2.48. The van der Waals surface area contributed by atoms with Crippen LogP contribution in [0.5, 0.6) is 5.75 Å². The lowest BCUT2D eigenvalue weighted by atomic mass is 9.80. The van der Waals surface area contributed by atoms with Gasteiger partial charge in [-0.3, -0.25) is 4.90 Å². The van der Waals surface area contributed by atoms with Crippen LogP contribution in [-0.4, -0.2) is 62.5 Å². The zero-order valence-corrected chi connectivity index (χ0v) is 15.5. The van der Waals surface area contributed by atoms with Gasteiger partial charge < -0.3 is 20.1 Å². The molecule has 0 atom stereocenters. The maximum atomic E-state index is 12.2. The minimum atomic E-state index is -0.111. The van der Waals surface area contributed by atoms with Crippen LogP contribution in [-0.2, 0) is 4.74 Å². The number of nitrogens with zero attached hydrogens (tertiary/aromatic N) is 1. The van der Waals surface area contributed by atoms with Gasteiger partial charge in [0.05, 0.1) is 19.8 Å². The van der Waals surface area contributed by atoms with Crippen LogP contribution in [0.3, 0.4) is 0 Å². The standard InChI is InChI=1S/C20H31N3O3/c24-19(21-11-14-26-18-7-3-1-4-8-18)22-17-20(9-5-2-6-10-20)23-12-15-25-16-13-23/h1,3-4,7-8H,2,5-6,9-17H2,(H2,21,22,24). The first kappa shape index (κ1) is 19.0. The number of benzene rings is 1. The summed E-state index contributed by atoms with van der Waals surface area (Å²) in [5.41, 5.74) is 0.0971. The van der Waals surface area contributed by atoms with Crippen LogP contribution in [0.15, 0.2) is 30.3 Å². The smallest absolute Gasteiger partial charge is 0.314 e. The molecule has 1 saturated carbocycles. The number of hydrogen-bond donors (Lipinski definition) is 2. The number of ether oxygens (including phenoxy) is 2. The van der Waals surface area contributed by atoms with E-state index in [-0.39, 0.29) is 11.6 Å². The van der Waals surface area contributed by atoms with E-state index in [2.05, 4.69) is 15.5 Å². The minimum Gasteiger partial charge on any atom is -0.492 e. The quantitative estimate of drug-likeness (QED) is 0.732. The molecule has 6 nitrogen and oxygen atoms in total. The monoisotopic (exact) mass is 361 g/mol. The number of urea groups is 1. The van der Waals surface area contributed by atoms with E-state index in [9.17, 15) is 4.79 Å². The molecule has 0 unspecified atom stereocenters. The van der Waals surface area contributed by atoms with E-state index in [4.69, 9.17) is 9.47 Å².